The van der Waals surface area contributed by atoms with E-state index in [2.05, 4.69) is 35.1 Å². The minimum Gasteiger partial charge on any atom is -0.378 e. The van der Waals surface area contributed by atoms with Crippen molar-refractivity contribution in [3.8, 4) is 0 Å². The van der Waals surface area contributed by atoms with Crippen LogP contribution >= 0.6 is 0 Å². The molecule has 0 amide bonds. The summed E-state index contributed by atoms with van der Waals surface area (Å²) >= 11 is 0. The van der Waals surface area contributed by atoms with Crippen LogP contribution in [-0.2, 0) is 4.74 Å². The molecule has 0 aliphatic carbocycles. The normalized spacial score (nSPS) is 20.5. The first kappa shape index (κ1) is 17.0. The maximum atomic E-state index is 5.41. The standard InChI is InChI=1S/C18H25N7O/c1-13-11-17(21-14(2)20-13)25-6-4-15(12-25)22-18-19-5-3-16(23-18)24-7-9-26-10-8-24/h3,5,11,15H,4,6-10,12H2,1-2H3,(H,19,22,23). The van der Waals surface area contributed by atoms with Crippen molar-refractivity contribution in [2.75, 3.05) is 54.5 Å². The van der Waals surface area contributed by atoms with E-state index in [0.717, 1.165) is 69.0 Å². The Bertz CT molecular complexity index is 743. The molecular formula is C18H25N7O. The third-order valence-corrected chi connectivity index (χ3v) is 4.77. The highest BCUT2D eigenvalue weighted by atomic mass is 16.5. The molecule has 2 saturated heterocycles. The summed E-state index contributed by atoms with van der Waals surface area (Å²) in [7, 11) is 0. The van der Waals surface area contributed by atoms with Crippen LogP contribution < -0.4 is 15.1 Å². The van der Waals surface area contributed by atoms with Crippen LogP contribution in [0.4, 0.5) is 17.6 Å². The summed E-state index contributed by atoms with van der Waals surface area (Å²) in [6.45, 7) is 9.06. The summed E-state index contributed by atoms with van der Waals surface area (Å²) in [6, 6.07) is 4.32. The molecule has 2 aromatic rings. The molecule has 138 valence electrons. The average Bonchev–Trinajstić information content (AvgIpc) is 3.10. The lowest BCUT2D eigenvalue weighted by Gasteiger charge is -2.28. The van der Waals surface area contributed by atoms with Gasteiger partial charge in [0.25, 0.3) is 0 Å². The van der Waals surface area contributed by atoms with Gasteiger partial charge in [0.05, 0.1) is 13.2 Å². The molecule has 0 bridgehead atoms. The fraction of sp³-hybridized carbons (Fsp3) is 0.556. The van der Waals surface area contributed by atoms with E-state index in [9.17, 15) is 0 Å². The van der Waals surface area contributed by atoms with Crippen molar-refractivity contribution >= 4 is 17.6 Å². The second-order valence-electron chi connectivity index (χ2n) is 6.83. The molecule has 2 aromatic heterocycles. The first-order chi connectivity index (χ1) is 12.7. The molecule has 26 heavy (non-hydrogen) atoms. The van der Waals surface area contributed by atoms with Crippen LogP contribution in [-0.4, -0.2) is 65.4 Å². The van der Waals surface area contributed by atoms with Gasteiger partial charge < -0.3 is 19.9 Å². The number of nitrogens with zero attached hydrogens (tertiary/aromatic N) is 6. The number of aryl methyl sites for hydroxylation is 2. The van der Waals surface area contributed by atoms with E-state index in [1.54, 1.807) is 0 Å². The molecule has 2 fully saturated rings. The van der Waals surface area contributed by atoms with Gasteiger partial charge >= 0.3 is 0 Å². The van der Waals surface area contributed by atoms with Gasteiger partial charge in [-0.2, -0.15) is 4.98 Å². The number of ether oxygens (including phenoxy) is 1. The van der Waals surface area contributed by atoms with Crippen molar-refractivity contribution in [1.29, 1.82) is 0 Å². The molecule has 8 heteroatoms. The van der Waals surface area contributed by atoms with Gasteiger partial charge in [0.15, 0.2) is 0 Å². The van der Waals surface area contributed by atoms with Crippen molar-refractivity contribution in [3.63, 3.8) is 0 Å². The van der Waals surface area contributed by atoms with E-state index < -0.39 is 0 Å². The Balaban J connectivity index is 1.40. The van der Waals surface area contributed by atoms with E-state index in [1.807, 2.05) is 32.2 Å². The number of hydrogen-bond acceptors (Lipinski definition) is 8. The van der Waals surface area contributed by atoms with Crippen LogP contribution in [0.15, 0.2) is 18.3 Å². The summed E-state index contributed by atoms with van der Waals surface area (Å²) in [4.78, 5) is 22.6. The van der Waals surface area contributed by atoms with Crippen LogP contribution in [0.25, 0.3) is 0 Å². The predicted octanol–water partition coefficient (Wildman–Crippen LogP) is 1.41. The molecule has 4 heterocycles. The minimum atomic E-state index is 0.311. The average molecular weight is 355 g/mol. The Morgan fingerprint density at radius 1 is 1.04 bits per heavy atom. The Morgan fingerprint density at radius 3 is 2.69 bits per heavy atom. The van der Waals surface area contributed by atoms with Gasteiger partial charge in [-0.1, -0.05) is 0 Å². The number of anilines is 3. The third kappa shape index (κ3) is 3.85. The van der Waals surface area contributed by atoms with E-state index >= 15 is 0 Å². The van der Waals surface area contributed by atoms with Crippen molar-refractivity contribution in [1.82, 2.24) is 19.9 Å². The number of aromatic nitrogens is 4. The molecule has 1 N–H and O–H groups in total. The first-order valence-electron chi connectivity index (χ1n) is 9.17. The highest BCUT2D eigenvalue weighted by Crippen LogP contribution is 2.21. The zero-order chi connectivity index (χ0) is 17.9. The Hall–Kier alpha value is -2.48. The van der Waals surface area contributed by atoms with Crippen molar-refractivity contribution in [2.45, 2.75) is 26.3 Å². The van der Waals surface area contributed by atoms with Crippen LogP contribution in [0.1, 0.15) is 17.9 Å². The lowest BCUT2D eigenvalue weighted by Crippen LogP contribution is -2.37. The number of nitrogens with one attached hydrogen (secondary N) is 1. The van der Waals surface area contributed by atoms with Gasteiger partial charge in [-0.25, -0.2) is 15.0 Å². The molecule has 1 atom stereocenters. The zero-order valence-corrected chi connectivity index (χ0v) is 15.4. The van der Waals surface area contributed by atoms with Crippen LogP contribution in [0.2, 0.25) is 0 Å². The van der Waals surface area contributed by atoms with Crippen LogP contribution in [0.5, 0.6) is 0 Å². The summed E-state index contributed by atoms with van der Waals surface area (Å²) in [5.74, 6) is 3.47. The summed E-state index contributed by atoms with van der Waals surface area (Å²) in [6.07, 6.45) is 2.86. The Kier molecular flexibility index (Phi) is 4.83. The number of hydrogen-bond donors (Lipinski definition) is 1. The van der Waals surface area contributed by atoms with Gasteiger partial charge in [0, 0.05) is 50.2 Å². The topological polar surface area (TPSA) is 79.3 Å². The lowest BCUT2D eigenvalue weighted by atomic mass is 10.3. The molecule has 0 saturated carbocycles. The van der Waals surface area contributed by atoms with Crippen LogP contribution in [0.3, 0.4) is 0 Å². The van der Waals surface area contributed by atoms with E-state index in [0.29, 0.717) is 12.0 Å². The van der Waals surface area contributed by atoms with Gasteiger partial charge in [0.1, 0.15) is 17.5 Å². The molecule has 8 nitrogen and oxygen atoms in total. The first-order valence-corrected chi connectivity index (χ1v) is 9.17. The molecule has 2 aliphatic heterocycles. The molecule has 4 rings (SSSR count). The van der Waals surface area contributed by atoms with E-state index in [4.69, 9.17) is 4.74 Å². The molecular weight excluding hydrogens is 330 g/mol. The summed E-state index contributed by atoms with van der Waals surface area (Å²) in [5.41, 5.74) is 1.01. The second kappa shape index (κ2) is 7.41. The quantitative estimate of drug-likeness (QED) is 0.882. The minimum absolute atomic E-state index is 0.311. The molecule has 0 radical (unpaired) electrons. The van der Waals surface area contributed by atoms with Crippen molar-refractivity contribution in [2.24, 2.45) is 0 Å². The van der Waals surface area contributed by atoms with Crippen LogP contribution in [0, 0.1) is 13.8 Å². The van der Waals surface area contributed by atoms with Gasteiger partial charge in [-0.3, -0.25) is 0 Å². The van der Waals surface area contributed by atoms with E-state index in [-0.39, 0.29) is 0 Å². The van der Waals surface area contributed by atoms with E-state index in [1.165, 1.54) is 0 Å². The monoisotopic (exact) mass is 355 g/mol. The van der Waals surface area contributed by atoms with Crippen molar-refractivity contribution < 1.29 is 4.74 Å². The predicted molar refractivity (Wildman–Crippen MR) is 101 cm³/mol. The van der Waals surface area contributed by atoms with Gasteiger partial charge in [-0.05, 0) is 26.3 Å². The fourth-order valence-electron chi connectivity index (χ4n) is 3.52. The number of rotatable bonds is 4. The smallest absolute Gasteiger partial charge is 0.224 e. The molecule has 2 aliphatic rings. The largest absolute Gasteiger partial charge is 0.378 e. The number of morpholine rings is 1. The molecule has 0 aromatic carbocycles. The maximum absolute atomic E-state index is 5.41. The molecule has 1 unspecified atom stereocenters. The lowest BCUT2D eigenvalue weighted by molar-refractivity contribution is 0.122. The Labute approximate surface area is 153 Å². The third-order valence-electron chi connectivity index (χ3n) is 4.77. The SMILES string of the molecule is Cc1cc(N2CCC(Nc3nccc(N4CCOCC4)n3)C2)nc(C)n1. The van der Waals surface area contributed by atoms with Gasteiger partial charge in [0.2, 0.25) is 5.95 Å². The highest BCUT2D eigenvalue weighted by molar-refractivity contribution is 5.45. The second-order valence-corrected chi connectivity index (χ2v) is 6.83. The zero-order valence-electron chi connectivity index (χ0n) is 15.4. The van der Waals surface area contributed by atoms with Crippen molar-refractivity contribution in [3.05, 3.63) is 29.8 Å². The summed E-state index contributed by atoms with van der Waals surface area (Å²) in [5, 5.41) is 3.48. The summed E-state index contributed by atoms with van der Waals surface area (Å²) < 4.78 is 5.41. The maximum Gasteiger partial charge on any atom is 0.224 e. The fourth-order valence-corrected chi connectivity index (χ4v) is 3.52. The Morgan fingerprint density at radius 2 is 1.88 bits per heavy atom. The molecule has 0 spiro atoms. The van der Waals surface area contributed by atoms with Gasteiger partial charge in [-0.15, -0.1) is 0 Å². The highest BCUT2D eigenvalue weighted by Gasteiger charge is 2.25.